The number of carbonyl (C=O) groups excluding carboxylic acids is 1. The van der Waals surface area contributed by atoms with E-state index in [9.17, 15) is 4.79 Å². The Kier molecular flexibility index (Phi) is 3.79. The molecule has 2 amide bonds. The molecule has 0 spiro atoms. The number of hydrogen-bond donors (Lipinski definition) is 3. The van der Waals surface area contributed by atoms with E-state index in [4.69, 9.17) is 0 Å². The highest BCUT2D eigenvalue weighted by molar-refractivity contribution is 5.72. The lowest BCUT2D eigenvalue weighted by atomic mass is 10.4. The molecule has 0 saturated heterocycles. The van der Waals surface area contributed by atoms with E-state index in [0.717, 1.165) is 0 Å². The number of hydrazine groups is 1. The van der Waals surface area contributed by atoms with Crippen LogP contribution in [-0.4, -0.2) is 19.1 Å². The number of amides is 2. The van der Waals surface area contributed by atoms with Crippen molar-refractivity contribution in [3.05, 3.63) is 0 Å². The van der Waals surface area contributed by atoms with Crippen molar-refractivity contribution in [1.82, 2.24) is 16.2 Å². The van der Waals surface area contributed by atoms with Crippen LogP contribution in [0.25, 0.3) is 0 Å². The van der Waals surface area contributed by atoms with Crippen molar-refractivity contribution < 1.29 is 4.79 Å². The maximum absolute atomic E-state index is 10.4. The second-order valence-electron chi connectivity index (χ2n) is 2.00. The molecule has 9 heavy (non-hydrogen) atoms. The molecular formula is C5H13N3O. The van der Waals surface area contributed by atoms with Crippen molar-refractivity contribution in [2.24, 2.45) is 0 Å². The van der Waals surface area contributed by atoms with Crippen LogP contribution in [0.2, 0.25) is 0 Å². The molecule has 4 nitrogen and oxygen atoms in total. The van der Waals surface area contributed by atoms with Crippen molar-refractivity contribution in [2.45, 2.75) is 19.9 Å². The summed E-state index contributed by atoms with van der Waals surface area (Å²) in [6.07, 6.45) is 0. The first-order valence-electron chi connectivity index (χ1n) is 2.90. The zero-order chi connectivity index (χ0) is 7.28. The topological polar surface area (TPSA) is 53.2 Å². The maximum Gasteiger partial charge on any atom is 0.328 e. The van der Waals surface area contributed by atoms with Crippen molar-refractivity contribution in [2.75, 3.05) is 7.05 Å². The molecule has 0 aliphatic carbocycles. The van der Waals surface area contributed by atoms with Crippen molar-refractivity contribution in [3.8, 4) is 0 Å². The van der Waals surface area contributed by atoms with Crippen LogP contribution in [0, 0.1) is 0 Å². The third-order valence-electron chi connectivity index (χ3n) is 0.701. The molecule has 0 rings (SSSR count). The second-order valence-corrected chi connectivity index (χ2v) is 2.00. The van der Waals surface area contributed by atoms with Gasteiger partial charge in [-0.05, 0) is 13.8 Å². The van der Waals surface area contributed by atoms with Gasteiger partial charge in [0.25, 0.3) is 0 Å². The van der Waals surface area contributed by atoms with Gasteiger partial charge in [-0.1, -0.05) is 0 Å². The first-order chi connectivity index (χ1) is 4.16. The lowest BCUT2D eigenvalue weighted by Crippen LogP contribution is -2.45. The van der Waals surface area contributed by atoms with E-state index < -0.39 is 0 Å². The Balaban J connectivity index is 3.17. The maximum atomic E-state index is 10.4. The molecule has 0 radical (unpaired) electrons. The molecule has 0 bridgehead atoms. The van der Waals surface area contributed by atoms with Gasteiger partial charge in [-0.15, -0.1) is 0 Å². The Bertz CT molecular complexity index is 92.2. The van der Waals surface area contributed by atoms with Gasteiger partial charge >= 0.3 is 6.03 Å². The van der Waals surface area contributed by atoms with Gasteiger partial charge in [0.2, 0.25) is 0 Å². The first-order valence-corrected chi connectivity index (χ1v) is 2.90. The molecule has 0 aromatic rings. The Hall–Kier alpha value is -0.770. The van der Waals surface area contributed by atoms with E-state index in [2.05, 4.69) is 16.2 Å². The highest BCUT2D eigenvalue weighted by atomic mass is 16.2. The quantitative estimate of drug-likeness (QED) is 0.456. The molecule has 4 heteroatoms. The molecule has 0 aromatic heterocycles. The van der Waals surface area contributed by atoms with E-state index in [1.165, 1.54) is 0 Å². The van der Waals surface area contributed by atoms with Crippen LogP contribution in [0.1, 0.15) is 13.8 Å². The monoisotopic (exact) mass is 131 g/mol. The summed E-state index contributed by atoms with van der Waals surface area (Å²) in [5, 5.41) is 2.41. The van der Waals surface area contributed by atoms with Gasteiger partial charge in [-0.3, -0.25) is 5.43 Å². The number of urea groups is 1. The van der Waals surface area contributed by atoms with E-state index in [0.29, 0.717) is 0 Å². The van der Waals surface area contributed by atoms with Gasteiger partial charge in [0, 0.05) is 13.1 Å². The van der Waals surface area contributed by atoms with Gasteiger partial charge in [-0.25, -0.2) is 10.2 Å². The van der Waals surface area contributed by atoms with E-state index >= 15 is 0 Å². The average molecular weight is 131 g/mol. The second kappa shape index (κ2) is 4.14. The molecule has 3 N–H and O–H groups in total. The van der Waals surface area contributed by atoms with Crippen molar-refractivity contribution in [3.63, 3.8) is 0 Å². The molecule has 0 saturated carbocycles. The highest BCUT2D eigenvalue weighted by Gasteiger charge is 1.93. The first kappa shape index (κ1) is 8.23. The fourth-order valence-electron chi connectivity index (χ4n) is 0.272. The SMILES string of the molecule is CNC(=O)NNC(C)C. The zero-order valence-electron chi connectivity index (χ0n) is 5.99. The number of carbonyl (C=O) groups is 1. The standard InChI is InChI=1S/C5H13N3O/c1-4(2)7-8-5(9)6-3/h4,7H,1-3H3,(H2,6,8,9). The predicted octanol–water partition coefficient (Wildman–Crippen LogP) is -0.172. The third kappa shape index (κ3) is 5.10. The van der Waals surface area contributed by atoms with E-state index in [-0.39, 0.29) is 12.1 Å². The summed E-state index contributed by atoms with van der Waals surface area (Å²) in [5.74, 6) is 0. The molecule has 0 atom stereocenters. The summed E-state index contributed by atoms with van der Waals surface area (Å²) >= 11 is 0. The van der Waals surface area contributed by atoms with Crippen LogP contribution in [0.5, 0.6) is 0 Å². The Morgan fingerprint density at radius 1 is 1.44 bits per heavy atom. The highest BCUT2D eigenvalue weighted by Crippen LogP contribution is 1.69. The average Bonchev–Trinajstić information content (AvgIpc) is 1.83. The predicted molar refractivity (Wildman–Crippen MR) is 35.9 cm³/mol. The van der Waals surface area contributed by atoms with E-state index in [1.807, 2.05) is 13.8 Å². The lowest BCUT2D eigenvalue weighted by molar-refractivity contribution is 0.237. The minimum Gasteiger partial charge on any atom is -0.340 e. The number of nitrogens with one attached hydrogen (secondary N) is 3. The number of rotatable bonds is 2. The van der Waals surface area contributed by atoms with Crippen molar-refractivity contribution >= 4 is 6.03 Å². The molecule has 0 heterocycles. The summed E-state index contributed by atoms with van der Waals surface area (Å²) in [6.45, 7) is 3.88. The van der Waals surface area contributed by atoms with Gasteiger partial charge < -0.3 is 5.32 Å². The van der Waals surface area contributed by atoms with Crippen LogP contribution in [0.4, 0.5) is 4.79 Å². The molecule has 54 valence electrons. The summed E-state index contributed by atoms with van der Waals surface area (Å²) in [7, 11) is 1.57. The minimum absolute atomic E-state index is 0.219. The smallest absolute Gasteiger partial charge is 0.328 e. The lowest BCUT2D eigenvalue weighted by Gasteiger charge is -2.08. The van der Waals surface area contributed by atoms with Crippen molar-refractivity contribution in [1.29, 1.82) is 0 Å². The largest absolute Gasteiger partial charge is 0.340 e. The fourth-order valence-corrected chi connectivity index (χ4v) is 0.272. The van der Waals surface area contributed by atoms with Crippen LogP contribution in [-0.2, 0) is 0 Å². The van der Waals surface area contributed by atoms with Crippen LogP contribution in [0.15, 0.2) is 0 Å². The Morgan fingerprint density at radius 2 is 2.00 bits per heavy atom. The van der Waals surface area contributed by atoms with Gasteiger partial charge in [0.15, 0.2) is 0 Å². The molecule has 0 unspecified atom stereocenters. The van der Waals surface area contributed by atoms with Crippen LogP contribution >= 0.6 is 0 Å². The molecular weight excluding hydrogens is 118 g/mol. The van der Waals surface area contributed by atoms with Gasteiger partial charge in [0.1, 0.15) is 0 Å². The summed E-state index contributed by atoms with van der Waals surface area (Å²) in [5.41, 5.74) is 5.17. The molecule has 0 aliphatic rings. The molecule has 0 fully saturated rings. The minimum atomic E-state index is -0.219. The molecule has 0 aliphatic heterocycles. The van der Waals surface area contributed by atoms with Gasteiger partial charge in [0.05, 0.1) is 0 Å². The van der Waals surface area contributed by atoms with Crippen LogP contribution < -0.4 is 16.2 Å². The zero-order valence-corrected chi connectivity index (χ0v) is 5.99. The number of hydrogen-bond acceptors (Lipinski definition) is 2. The van der Waals surface area contributed by atoms with Gasteiger partial charge in [-0.2, -0.15) is 0 Å². The fraction of sp³-hybridized carbons (Fsp3) is 0.800. The summed E-state index contributed by atoms with van der Waals surface area (Å²) in [6, 6.07) is 0.0472. The third-order valence-corrected chi connectivity index (χ3v) is 0.701. The summed E-state index contributed by atoms with van der Waals surface area (Å²) < 4.78 is 0. The Morgan fingerprint density at radius 3 is 2.33 bits per heavy atom. The summed E-state index contributed by atoms with van der Waals surface area (Å²) in [4.78, 5) is 10.4. The van der Waals surface area contributed by atoms with Crippen LogP contribution in [0.3, 0.4) is 0 Å². The Labute approximate surface area is 55.0 Å². The molecule has 0 aromatic carbocycles. The van der Waals surface area contributed by atoms with E-state index in [1.54, 1.807) is 7.05 Å². The normalized spacial score (nSPS) is 9.33.